The predicted octanol–water partition coefficient (Wildman–Crippen LogP) is 5.22. The van der Waals surface area contributed by atoms with Gasteiger partial charge in [-0.25, -0.2) is 4.39 Å². The van der Waals surface area contributed by atoms with Crippen LogP contribution in [-0.2, 0) is 14.9 Å². The summed E-state index contributed by atoms with van der Waals surface area (Å²) in [6.07, 6.45) is 5.91. The Kier molecular flexibility index (Phi) is 5.43. The maximum atomic E-state index is 15.2. The van der Waals surface area contributed by atoms with E-state index < -0.39 is 5.41 Å². The molecule has 4 heteroatoms. The molecule has 1 aromatic carbocycles. The normalized spacial score (nSPS) is 20.0. The summed E-state index contributed by atoms with van der Waals surface area (Å²) in [5.74, 6) is -0.269. The van der Waals surface area contributed by atoms with Crippen LogP contribution < -0.4 is 4.90 Å². The second-order valence-corrected chi connectivity index (χ2v) is 8.97. The monoisotopic (exact) mass is 361 g/mol. The lowest BCUT2D eigenvalue weighted by Crippen LogP contribution is -2.41. The van der Waals surface area contributed by atoms with Crippen LogP contribution in [0.5, 0.6) is 0 Å². The van der Waals surface area contributed by atoms with Crippen molar-refractivity contribution in [3.05, 3.63) is 29.6 Å². The molecule has 2 fully saturated rings. The molecule has 1 saturated heterocycles. The number of halogens is 1. The lowest BCUT2D eigenvalue weighted by Gasteiger charge is -2.38. The van der Waals surface area contributed by atoms with Crippen LogP contribution in [0.1, 0.15) is 71.8 Å². The van der Waals surface area contributed by atoms with Crippen LogP contribution >= 0.6 is 0 Å². The maximum Gasteiger partial charge on any atom is 0.232 e. The maximum absolute atomic E-state index is 15.2. The zero-order chi connectivity index (χ0) is 18.9. The smallest absolute Gasteiger partial charge is 0.232 e. The summed E-state index contributed by atoms with van der Waals surface area (Å²) in [7, 11) is 0. The van der Waals surface area contributed by atoms with Crippen LogP contribution in [0.4, 0.5) is 10.1 Å². The zero-order valence-electron chi connectivity index (χ0n) is 16.6. The van der Waals surface area contributed by atoms with Gasteiger partial charge in [-0.1, -0.05) is 40.2 Å². The summed E-state index contributed by atoms with van der Waals surface area (Å²) in [6, 6.07) is 5.71. The molecular formula is C22H32FNO2. The predicted molar refractivity (Wildman–Crippen MR) is 103 cm³/mol. The quantitative estimate of drug-likeness (QED) is 0.720. The van der Waals surface area contributed by atoms with Gasteiger partial charge in [-0.3, -0.25) is 4.79 Å². The second-order valence-electron chi connectivity index (χ2n) is 8.97. The Morgan fingerprint density at radius 1 is 1.27 bits per heavy atom. The highest BCUT2D eigenvalue weighted by Crippen LogP contribution is 2.42. The Morgan fingerprint density at radius 3 is 2.42 bits per heavy atom. The molecular weight excluding hydrogens is 329 g/mol. The van der Waals surface area contributed by atoms with Crippen molar-refractivity contribution in [3.8, 4) is 0 Å². The first-order chi connectivity index (χ1) is 12.3. The number of carbonyl (C=O) groups is 1. The highest BCUT2D eigenvalue weighted by molar-refractivity contribution is 5.98. The van der Waals surface area contributed by atoms with E-state index in [1.54, 1.807) is 11.0 Å². The minimum atomic E-state index is -0.516. The van der Waals surface area contributed by atoms with Crippen LogP contribution in [0, 0.1) is 11.2 Å². The van der Waals surface area contributed by atoms with Crippen LogP contribution in [-0.4, -0.2) is 25.2 Å². The van der Waals surface area contributed by atoms with Crippen molar-refractivity contribution in [3.63, 3.8) is 0 Å². The molecule has 0 N–H and O–H groups in total. The third-order valence-electron chi connectivity index (χ3n) is 5.77. The first-order valence-electron chi connectivity index (χ1n) is 10.00. The number of benzene rings is 1. The molecule has 26 heavy (non-hydrogen) atoms. The van der Waals surface area contributed by atoms with Gasteiger partial charge in [0.1, 0.15) is 5.82 Å². The third-order valence-corrected chi connectivity index (χ3v) is 5.77. The first-order valence-corrected chi connectivity index (χ1v) is 10.00. The van der Waals surface area contributed by atoms with Crippen LogP contribution in [0.15, 0.2) is 18.2 Å². The van der Waals surface area contributed by atoms with E-state index in [-0.39, 0.29) is 23.2 Å². The van der Waals surface area contributed by atoms with Gasteiger partial charge in [0, 0.05) is 24.7 Å². The lowest BCUT2D eigenvalue weighted by molar-refractivity contribution is -0.125. The molecule has 1 aliphatic heterocycles. The number of hydrogen-bond donors (Lipinski definition) is 0. The van der Waals surface area contributed by atoms with Gasteiger partial charge < -0.3 is 9.64 Å². The molecule has 3 rings (SSSR count). The summed E-state index contributed by atoms with van der Waals surface area (Å²) in [6.45, 7) is 9.35. The van der Waals surface area contributed by atoms with E-state index >= 15 is 4.39 Å². The Balaban J connectivity index is 1.94. The lowest BCUT2D eigenvalue weighted by atomic mass is 9.71. The van der Waals surface area contributed by atoms with E-state index in [2.05, 4.69) is 6.92 Å². The number of anilines is 1. The van der Waals surface area contributed by atoms with Gasteiger partial charge in [-0.2, -0.15) is 0 Å². The Labute approximate surface area is 156 Å². The molecule has 0 radical (unpaired) electrons. The molecule has 1 amide bonds. The van der Waals surface area contributed by atoms with E-state index in [1.807, 2.05) is 32.9 Å². The Morgan fingerprint density at radius 2 is 1.92 bits per heavy atom. The van der Waals surface area contributed by atoms with E-state index in [9.17, 15) is 4.79 Å². The number of ether oxygens (including phenoxy) is 1. The van der Waals surface area contributed by atoms with Crippen molar-refractivity contribution in [2.24, 2.45) is 5.41 Å². The fourth-order valence-electron chi connectivity index (χ4n) is 4.12. The van der Waals surface area contributed by atoms with Gasteiger partial charge >= 0.3 is 0 Å². The van der Waals surface area contributed by atoms with Crippen LogP contribution in [0.2, 0.25) is 0 Å². The van der Waals surface area contributed by atoms with Gasteiger partial charge in [-0.05, 0) is 55.2 Å². The van der Waals surface area contributed by atoms with E-state index in [1.165, 1.54) is 0 Å². The summed E-state index contributed by atoms with van der Waals surface area (Å²) < 4.78 is 20.7. The highest BCUT2D eigenvalue weighted by Gasteiger charge is 2.40. The summed E-state index contributed by atoms with van der Waals surface area (Å²) in [4.78, 5) is 14.6. The molecule has 0 spiro atoms. The minimum absolute atomic E-state index is 0.000915. The standard InChI is InChI=1S/C22H32FNO2/c1-5-10-22(11-13-26-14-12-22)16-6-9-19(18(23)15-16)24(17-7-8-17)20(25)21(2,3)4/h6,9,15,17H,5,7-8,10-14H2,1-4H3. The topological polar surface area (TPSA) is 29.5 Å². The zero-order valence-corrected chi connectivity index (χ0v) is 16.6. The molecule has 1 saturated carbocycles. The summed E-state index contributed by atoms with van der Waals surface area (Å²) in [5, 5.41) is 0. The molecule has 2 aliphatic rings. The molecule has 1 heterocycles. The summed E-state index contributed by atoms with van der Waals surface area (Å²) >= 11 is 0. The number of carbonyl (C=O) groups excluding carboxylic acids is 1. The number of rotatable bonds is 5. The average Bonchev–Trinajstić information content (AvgIpc) is 3.41. The number of hydrogen-bond acceptors (Lipinski definition) is 2. The average molecular weight is 362 g/mol. The van der Waals surface area contributed by atoms with Crippen LogP contribution in [0.3, 0.4) is 0 Å². The Hall–Kier alpha value is -1.42. The number of amides is 1. The van der Waals surface area contributed by atoms with Crippen molar-refractivity contribution in [1.82, 2.24) is 0 Å². The van der Waals surface area contributed by atoms with Gasteiger partial charge in [0.15, 0.2) is 0 Å². The van der Waals surface area contributed by atoms with Crippen molar-refractivity contribution in [1.29, 1.82) is 0 Å². The minimum Gasteiger partial charge on any atom is -0.381 e. The third kappa shape index (κ3) is 3.80. The fraction of sp³-hybridized carbons (Fsp3) is 0.682. The molecule has 144 valence electrons. The van der Waals surface area contributed by atoms with Crippen molar-refractivity contribution >= 4 is 11.6 Å². The van der Waals surface area contributed by atoms with Crippen molar-refractivity contribution in [2.45, 2.75) is 77.7 Å². The van der Waals surface area contributed by atoms with Crippen molar-refractivity contribution in [2.75, 3.05) is 18.1 Å². The molecule has 1 aromatic rings. The fourth-order valence-corrected chi connectivity index (χ4v) is 4.12. The SMILES string of the molecule is CCCC1(c2ccc(N(C(=O)C(C)(C)C)C3CC3)c(F)c2)CCOCC1. The first kappa shape index (κ1) is 19.3. The molecule has 0 atom stereocenters. The van der Waals surface area contributed by atoms with Gasteiger partial charge in [-0.15, -0.1) is 0 Å². The molecule has 0 aromatic heterocycles. The number of nitrogens with zero attached hydrogens (tertiary/aromatic N) is 1. The molecule has 0 unspecified atom stereocenters. The van der Waals surface area contributed by atoms with E-state index in [4.69, 9.17) is 4.74 Å². The van der Waals surface area contributed by atoms with Crippen molar-refractivity contribution < 1.29 is 13.9 Å². The largest absolute Gasteiger partial charge is 0.381 e. The highest BCUT2D eigenvalue weighted by atomic mass is 19.1. The summed E-state index contributed by atoms with van der Waals surface area (Å²) in [5.41, 5.74) is 0.987. The Bertz CT molecular complexity index is 649. The van der Waals surface area contributed by atoms with Gasteiger partial charge in [0.2, 0.25) is 5.91 Å². The second kappa shape index (κ2) is 7.30. The van der Waals surface area contributed by atoms with Gasteiger partial charge in [0.25, 0.3) is 0 Å². The molecule has 3 nitrogen and oxygen atoms in total. The van der Waals surface area contributed by atoms with Crippen LogP contribution in [0.25, 0.3) is 0 Å². The van der Waals surface area contributed by atoms with E-state index in [0.717, 1.165) is 57.3 Å². The molecule has 0 bridgehead atoms. The molecule has 1 aliphatic carbocycles. The van der Waals surface area contributed by atoms with Gasteiger partial charge in [0.05, 0.1) is 5.69 Å². The van der Waals surface area contributed by atoms with E-state index in [0.29, 0.717) is 5.69 Å².